The first kappa shape index (κ1) is 14.2. The standard InChI is InChI=1S/C15H17FN2O2/c1-20-15(19)7-6-14-10-18(11-17-14)9-13-4-2-12(8-16)3-5-13/h2-5,10-11H,6-9H2,1H3. The zero-order valence-electron chi connectivity index (χ0n) is 11.4. The van der Waals surface area contributed by atoms with Gasteiger partial charge in [0, 0.05) is 19.2 Å². The Hall–Kier alpha value is -2.17. The molecule has 0 aliphatic rings. The highest BCUT2D eigenvalue weighted by Gasteiger charge is 2.04. The van der Waals surface area contributed by atoms with Crippen molar-refractivity contribution in [2.75, 3.05) is 7.11 Å². The number of hydrogen-bond donors (Lipinski definition) is 0. The average molecular weight is 276 g/mol. The van der Waals surface area contributed by atoms with E-state index in [2.05, 4.69) is 9.72 Å². The Bertz CT molecular complexity index is 564. The van der Waals surface area contributed by atoms with Crippen molar-refractivity contribution in [2.24, 2.45) is 0 Å². The van der Waals surface area contributed by atoms with Gasteiger partial charge < -0.3 is 9.30 Å². The van der Waals surface area contributed by atoms with Gasteiger partial charge in [-0.2, -0.15) is 0 Å². The molecule has 2 rings (SSSR count). The maximum atomic E-state index is 12.4. The smallest absolute Gasteiger partial charge is 0.305 e. The molecular weight excluding hydrogens is 259 g/mol. The summed E-state index contributed by atoms with van der Waals surface area (Å²) in [5.41, 5.74) is 2.62. The van der Waals surface area contributed by atoms with Crippen LogP contribution in [0.25, 0.3) is 0 Å². The number of ether oxygens (including phenoxy) is 1. The fourth-order valence-electron chi connectivity index (χ4n) is 1.90. The maximum Gasteiger partial charge on any atom is 0.305 e. The second kappa shape index (κ2) is 6.84. The Labute approximate surface area is 117 Å². The average Bonchev–Trinajstić information content (AvgIpc) is 2.93. The second-order valence-electron chi connectivity index (χ2n) is 4.56. The van der Waals surface area contributed by atoms with E-state index in [1.54, 1.807) is 18.5 Å². The molecule has 0 saturated carbocycles. The molecule has 0 radical (unpaired) electrons. The topological polar surface area (TPSA) is 44.1 Å². The fraction of sp³-hybridized carbons (Fsp3) is 0.333. The molecule has 0 atom stereocenters. The van der Waals surface area contributed by atoms with E-state index in [0.29, 0.717) is 24.9 Å². The Morgan fingerprint density at radius 3 is 2.65 bits per heavy atom. The largest absolute Gasteiger partial charge is 0.469 e. The van der Waals surface area contributed by atoms with Crippen LogP contribution in [-0.4, -0.2) is 22.6 Å². The minimum absolute atomic E-state index is 0.235. The Morgan fingerprint density at radius 1 is 1.30 bits per heavy atom. The van der Waals surface area contributed by atoms with Gasteiger partial charge in [0.15, 0.2) is 0 Å². The lowest BCUT2D eigenvalue weighted by Gasteiger charge is -2.03. The number of hydrogen-bond acceptors (Lipinski definition) is 3. The third-order valence-corrected chi connectivity index (χ3v) is 3.04. The summed E-state index contributed by atoms with van der Waals surface area (Å²) in [7, 11) is 1.38. The number of aryl methyl sites for hydroxylation is 1. The molecule has 1 aromatic heterocycles. The van der Waals surface area contributed by atoms with Crippen LogP contribution < -0.4 is 0 Å². The number of nitrogens with zero attached hydrogens (tertiary/aromatic N) is 2. The quantitative estimate of drug-likeness (QED) is 0.761. The van der Waals surface area contributed by atoms with Crippen molar-refractivity contribution in [3.05, 3.63) is 53.6 Å². The summed E-state index contributed by atoms with van der Waals surface area (Å²) < 4.78 is 18.9. The van der Waals surface area contributed by atoms with E-state index in [9.17, 15) is 9.18 Å². The number of carbonyl (C=O) groups excluding carboxylic acids is 1. The van der Waals surface area contributed by atoms with Gasteiger partial charge in [0.2, 0.25) is 0 Å². The van der Waals surface area contributed by atoms with Crippen LogP contribution in [0.4, 0.5) is 4.39 Å². The van der Waals surface area contributed by atoms with E-state index >= 15 is 0 Å². The molecule has 4 nitrogen and oxygen atoms in total. The van der Waals surface area contributed by atoms with Crippen molar-refractivity contribution in [3.63, 3.8) is 0 Å². The van der Waals surface area contributed by atoms with Gasteiger partial charge in [-0.3, -0.25) is 4.79 Å². The molecule has 0 bridgehead atoms. The summed E-state index contributed by atoms with van der Waals surface area (Å²) in [6.07, 6.45) is 4.54. The third kappa shape index (κ3) is 3.91. The Kier molecular flexibility index (Phi) is 4.87. The van der Waals surface area contributed by atoms with Crippen molar-refractivity contribution in [2.45, 2.75) is 26.1 Å². The zero-order chi connectivity index (χ0) is 14.4. The van der Waals surface area contributed by atoms with Crippen LogP contribution in [0.2, 0.25) is 0 Å². The van der Waals surface area contributed by atoms with Gasteiger partial charge in [-0.15, -0.1) is 0 Å². The highest BCUT2D eigenvalue weighted by Crippen LogP contribution is 2.09. The predicted molar refractivity (Wildman–Crippen MR) is 72.9 cm³/mol. The number of aromatic nitrogens is 2. The highest BCUT2D eigenvalue weighted by molar-refractivity contribution is 5.69. The van der Waals surface area contributed by atoms with Crippen LogP contribution in [0.5, 0.6) is 0 Å². The molecule has 0 saturated heterocycles. The van der Waals surface area contributed by atoms with Crippen LogP contribution in [0.15, 0.2) is 36.8 Å². The van der Waals surface area contributed by atoms with Crippen LogP contribution in [-0.2, 0) is 29.2 Å². The normalized spacial score (nSPS) is 10.5. The fourth-order valence-corrected chi connectivity index (χ4v) is 1.90. The third-order valence-electron chi connectivity index (χ3n) is 3.04. The number of benzene rings is 1. The summed E-state index contributed by atoms with van der Waals surface area (Å²) in [5.74, 6) is -0.235. The Morgan fingerprint density at radius 2 is 2.00 bits per heavy atom. The van der Waals surface area contributed by atoms with Crippen molar-refractivity contribution < 1.29 is 13.9 Å². The molecule has 0 spiro atoms. The molecule has 106 valence electrons. The van der Waals surface area contributed by atoms with Gasteiger partial charge in [-0.05, 0) is 11.1 Å². The minimum Gasteiger partial charge on any atom is -0.469 e. The van der Waals surface area contributed by atoms with Crippen LogP contribution in [0.3, 0.4) is 0 Å². The van der Waals surface area contributed by atoms with Gasteiger partial charge >= 0.3 is 5.97 Å². The van der Waals surface area contributed by atoms with E-state index in [0.717, 1.165) is 11.3 Å². The second-order valence-corrected chi connectivity index (χ2v) is 4.56. The molecule has 0 aliphatic heterocycles. The van der Waals surface area contributed by atoms with Gasteiger partial charge in [0.1, 0.15) is 6.67 Å². The highest BCUT2D eigenvalue weighted by atomic mass is 19.1. The number of rotatable bonds is 6. The first-order valence-electron chi connectivity index (χ1n) is 6.42. The van der Waals surface area contributed by atoms with Crippen molar-refractivity contribution in [1.29, 1.82) is 0 Å². The molecule has 2 aromatic rings. The van der Waals surface area contributed by atoms with Crippen LogP contribution in [0, 0.1) is 0 Å². The van der Waals surface area contributed by atoms with Gasteiger partial charge in [-0.1, -0.05) is 24.3 Å². The molecule has 0 aliphatic carbocycles. The number of esters is 1. The predicted octanol–water partition coefficient (Wildman–Crippen LogP) is 2.51. The molecule has 0 amide bonds. The monoisotopic (exact) mass is 276 g/mol. The lowest BCUT2D eigenvalue weighted by molar-refractivity contribution is -0.140. The maximum absolute atomic E-state index is 12.4. The SMILES string of the molecule is COC(=O)CCc1cn(Cc2ccc(CF)cc2)cn1. The first-order valence-corrected chi connectivity index (χ1v) is 6.42. The summed E-state index contributed by atoms with van der Waals surface area (Å²) in [4.78, 5) is 15.3. The lowest BCUT2D eigenvalue weighted by Crippen LogP contribution is -2.02. The van der Waals surface area contributed by atoms with Crippen molar-refractivity contribution >= 4 is 5.97 Å². The van der Waals surface area contributed by atoms with Crippen LogP contribution in [0.1, 0.15) is 23.2 Å². The van der Waals surface area contributed by atoms with Crippen molar-refractivity contribution in [1.82, 2.24) is 9.55 Å². The number of carbonyl (C=O) groups is 1. The van der Waals surface area contributed by atoms with Gasteiger partial charge in [-0.25, -0.2) is 9.37 Å². The van der Waals surface area contributed by atoms with Gasteiger partial charge in [0.05, 0.1) is 25.6 Å². The molecule has 5 heteroatoms. The summed E-state index contributed by atoms with van der Waals surface area (Å²) in [6.45, 7) is 0.237. The Balaban J connectivity index is 1.93. The van der Waals surface area contributed by atoms with E-state index in [1.165, 1.54) is 7.11 Å². The van der Waals surface area contributed by atoms with Gasteiger partial charge in [0.25, 0.3) is 0 Å². The minimum atomic E-state index is -0.441. The molecule has 0 N–H and O–H groups in total. The molecule has 1 aromatic carbocycles. The van der Waals surface area contributed by atoms with E-state index < -0.39 is 6.67 Å². The number of alkyl halides is 1. The zero-order valence-corrected chi connectivity index (χ0v) is 11.4. The van der Waals surface area contributed by atoms with Crippen LogP contribution >= 0.6 is 0 Å². The number of methoxy groups -OCH3 is 1. The number of imidazole rings is 1. The van der Waals surface area contributed by atoms with Crippen molar-refractivity contribution in [3.8, 4) is 0 Å². The summed E-state index contributed by atoms with van der Waals surface area (Å²) >= 11 is 0. The molecule has 0 fully saturated rings. The first-order chi connectivity index (χ1) is 9.71. The molecule has 20 heavy (non-hydrogen) atoms. The number of halogens is 1. The van der Waals surface area contributed by atoms with E-state index in [-0.39, 0.29) is 5.97 Å². The lowest BCUT2D eigenvalue weighted by atomic mass is 10.1. The molecule has 0 unspecified atom stereocenters. The summed E-state index contributed by atoms with van der Waals surface area (Å²) in [5, 5.41) is 0. The van der Waals surface area contributed by atoms with E-state index in [1.807, 2.05) is 22.9 Å². The molecule has 1 heterocycles. The van der Waals surface area contributed by atoms with E-state index in [4.69, 9.17) is 0 Å². The molecular formula is C15H17FN2O2. The summed E-state index contributed by atoms with van der Waals surface area (Å²) in [6, 6.07) is 7.38.